The topological polar surface area (TPSA) is 111 Å². The normalized spacial score (nSPS) is 19.9. The molecule has 0 radical (unpaired) electrons. The number of hydrogen-bond donors (Lipinski definition) is 4. The van der Waals surface area contributed by atoms with Crippen molar-refractivity contribution in [3.05, 3.63) is 24.3 Å². The number of nitrogens with zero attached hydrogens (tertiary/aromatic N) is 4. The van der Waals surface area contributed by atoms with Crippen LogP contribution in [0.1, 0.15) is 64.7 Å². The number of rotatable bonds is 9. The quantitative estimate of drug-likeness (QED) is 0.327. The molecule has 33 heavy (non-hydrogen) atoms. The molecule has 0 bridgehead atoms. The van der Waals surface area contributed by atoms with Gasteiger partial charge in [-0.3, -0.25) is 0 Å². The molecule has 1 saturated carbocycles. The first-order valence-electron chi connectivity index (χ1n) is 12.5. The van der Waals surface area contributed by atoms with E-state index in [1.807, 2.05) is 24.3 Å². The molecule has 8 heteroatoms. The summed E-state index contributed by atoms with van der Waals surface area (Å²) in [5, 5.41) is 23.0. The molecule has 2 aliphatic rings. The van der Waals surface area contributed by atoms with Crippen molar-refractivity contribution in [2.45, 2.75) is 82.8 Å². The van der Waals surface area contributed by atoms with E-state index in [0.29, 0.717) is 29.8 Å². The average Bonchev–Trinajstić information content (AvgIpc) is 3.26. The minimum absolute atomic E-state index is 0.228. The van der Waals surface area contributed by atoms with Crippen LogP contribution < -0.4 is 21.3 Å². The number of anilines is 3. The maximum Gasteiger partial charge on any atom is 0.228 e. The van der Waals surface area contributed by atoms with Gasteiger partial charge >= 0.3 is 0 Å². The monoisotopic (exact) mass is 448 g/mol. The summed E-state index contributed by atoms with van der Waals surface area (Å²) in [6, 6.07) is 11.1. The Hall–Kier alpha value is -2.92. The number of hydrogen-bond acceptors (Lipinski definition) is 8. The van der Waals surface area contributed by atoms with E-state index in [9.17, 15) is 0 Å². The first kappa shape index (κ1) is 23.2. The number of nitrogens with one attached hydrogen (secondary N) is 4. The van der Waals surface area contributed by atoms with Crippen molar-refractivity contribution in [2.75, 3.05) is 29.0 Å². The fraction of sp³-hybridized carbons (Fsp3) is 0.600. The van der Waals surface area contributed by atoms with Crippen LogP contribution in [-0.4, -0.2) is 46.2 Å². The van der Waals surface area contributed by atoms with Crippen LogP contribution in [0.4, 0.5) is 17.6 Å². The summed E-state index contributed by atoms with van der Waals surface area (Å²) < 4.78 is 0. The highest BCUT2D eigenvalue weighted by molar-refractivity contribution is 5.74. The Morgan fingerprint density at radius 1 is 1.03 bits per heavy atom. The molecule has 1 aromatic heterocycles. The minimum atomic E-state index is 0.228. The predicted octanol–water partition coefficient (Wildman–Crippen LogP) is 4.55. The Labute approximate surface area is 197 Å². The highest BCUT2D eigenvalue weighted by atomic mass is 15.2. The maximum absolute atomic E-state index is 9.03. The second kappa shape index (κ2) is 11.8. The first-order chi connectivity index (χ1) is 16.3. The van der Waals surface area contributed by atoms with Gasteiger partial charge in [-0.2, -0.15) is 20.2 Å². The average molecular weight is 449 g/mol. The molecule has 2 heterocycles. The van der Waals surface area contributed by atoms with Crippen LogP contribution >= 0.6 is 0 Å². The Bertz CT molecular complexity index is 926. The zero-order chi connectivity index (χ0) is 22.9. The third-order valence-electron chi connectivity index (χ3n) is 6.69. The molecule has 176 valence electrons. The SMILES string of the molecule is CC[C@@H](Nc1nc(NC2CCCCCC2)nc(-c2ccccc2NCC#N)n1)C1CCCN1. The van der Waals surface area contributed by atoms with Gasteiger partial charge < -0.3 is 21.3 Å². The van der Waals surface area contributed by atoms with Gasteiger partial charge in [-0.25, -0.2) is 0 Å². The molecule has 2 fully saturated rings. The summed E-state index contributed by atoms with van der Waals surface area (Å²) >= 11 is 0. The van der Waals surface area contributed by atoms with Crippen molar-refractivity contribution < 1.29 is 0 Å². The van der Waals surface area contributed by atoms with Crippen LogP contribution in [-0.2, 0) is 0 Å². The van der Waals surface area contributed by atoms with Crippen molar-refractivity contribution in [3.63, 3.8) is 0 Å². The smallest absolute Gasteiger partial charge is 0.228 e. The van der Waals surface area contributed by atoms with E-state index in [-0.39, 0.29) is 12.6 Å². The second-order valence-electron chi connectivity index (χ2n) is 9.06. The van der Waals surface area contributed by atoms with Crippen molar-refractivity contribution in [1.82, 2.24) is 20.3 Å². The van der Waals surface area contributed by atoms with Gasteiger partial charge in [-0.15, -0.1) is 0 Å². The van der Waals surface area contributed by atoms with E-state index in [2.05, 4.69) is 34.3 Å². The Balaban J connectivity index is 1.65. The summed E-state index contributed by atoms with van der Waals surface area (Å²) in [7, 11) is 0. The number of aromatic nitrogens is 3. The molecule has 1 unspecified atom stereocenters. The van der Waals surface area contributed by atoms with Gasteiger partial charge in [0.1, 0.15) is 6.54 Å². The lowest BCUT2D eigenvalue weighted by Crippen LogP contribution is -2.40. The molecular weight excluding hydrogens is 412 g/mol. The van der Waals surface area contributed by atoms with Gasteiger partial charge in [0, 0.05) is 29.4 Å². The van der Waals surface area contributed by atoms with Crippen LogP contribution in [0.2, 0.25) is 0 Å². The van der Waals surface area contributed by atoms with E-state index < -0.39 is 0 Å². The second-order valence-corrected chi connectivity index (χ2v) is 9.06. The number of benzene rings is 1. The van der Waals surface area contributed by atoms with Crippen LogP contribution in [0.5, 0.6) is 0 Å². The van der Waals surface area contributed by atoms with Gasteiger partial charge in [0.25, 0.3) is 0 Å². The van der Waals surface area contributed by atoms with Crippen LogP contribution in [0.15, 0.2) is 24.3 Å². The van der Waals surface area contributed by atoms with Crippen LogP contribution in [0.3, 0.4) is 0 Å². The van der Waals surface area contributed by atoms with Gasteiger partial charge in [0.15, 0.2) is 5.82 Å². The molecule has 8 nitrogen and oxygen atoms in total. The van der Waals surface area contributed by atoms with E-state index in [1.54, 1.807) is 0 Å². The molecular formula is C25H36N8. The highest BCUT2D eigenvalue weighted by Gasteiger charge is 2.25. The van der Waals surface area contributed by atoms with Crippen LogP contribution in [0.25, 0.3) is 11.4 Å². The van der Waals surface area contributed by atoms with Crippen molar-refractivity contribution >= 4 is 17.6 Å². The molecule has 4 N–H and O–H groups in total. The van der Waals surface area contributed by atoms with Crippen molar-refractivity contribution in [3.8, 4) is 17.5 Å². The molecule has 1 aromatic carbocycles. The number of para-hydroxylation sites is 1. The summed E-state index contributed by atoms with van der Waals surface area (Å²) in [6.45, 7) is 3.49. The van der Waals surface area contributed by atoms with Gasteiger partial charge in [-0.1, -0.05) is 44.7 Å². The summed E-state index contributed by atoms with van der Waals surface area (Å²) in [6.07, 6.45) is 10.7. The molecule has 0 spiro atoms. The Morgan fingerprint density at radius 2 is 1.82 bits per heavy atom. The summed E-state index contributed by atoms with van der Waals surface area (Å²) in [5.74, 6) is 1.84. The third kappa shape index (κ3) is 6.32. The summed E-state index contributed by atoms with van der Waals surface area (Å²) in [4.78, 5) is 14.4. The van der Waals surface area contributed by atoms with E-state index in [1.165, 1.54) is 32.1 Å². The largest absolute Gasteiger partial charge is 0.372 e. The molecule has 2 atom stereocenters. The predicted molar refractivity (Wildman–Crippen MR) is 133 cm³/mol. The fourth-order valence-electron chi connectivity index (χ4n) is 4.91. The Kier molecular flexibility index (Phi) is 8.31. The number of nitriles is 1. The minimum Gasteiger partial charge on any atom is -0.372 e. The molecule has 2 aromatic rings. The molecule has 1 aliphatic carbocycles. The summed E-state index contributed by atoms with van der Waals surface area (Å²) in [5.41, 5.74) is 1.72. The zero-order valence-electron chi connectivity index (χ0n) is 19.6. The van der Waals surface area contributed by atoms with E-state index in [0.717, 1.165) is 43.5 Å². The van der Waals surface area contributed by atoms with Crippen molar-refractivity contribution in [1.29, 1.82) is 5.26 Å². The van der Waals surface area contributed by atoms with E-state index >= 15 is 0 Å². The lowest BCUT2D eigenvalue weighted by molar-refractivity contribution is 0.496. The first-order valence-corrected chi connectivity index (χ1v) is 12.5. The fourth-order valence-corrected chi connectivity index (χ4v) is 4.91. The van der Waals surface area contributed by atoms with E-state index in [4.69, 9.17) is 20.2 Å². The van der Waals surface area contributed by atoms with Gasteiger partial charge in [0.05, 0.1) is 6.07 Å². The molecule has 4 rings (SSSR count). The lowest BCUT2D eigenvalue weighted by atomic mass is 10.0. The third-order valence-corrected chi connectivity index (χ3v) is 6.69. The molecule has 1 aliphatic heterocycles. The maximum atomic E-state index is 9.03. The zero-order valence-corrected chi connectivity index (χ0v) is 19.6. The van der Waals surface area contributed by atoms with Gasteiger partial charge in [-0.05, 0) is 50.8 Å². The molecule has 0 amide bonds. The Morgan fingerprint density at radius 3 is 2.55 bits per heavy atom. The molecule has 1 saturated heterocycles. The van der Waals surface area contributed by atoms with Crippen molar-refractivity contribution in [2.24, 2.45) is 0 Å². The van der Waals surface area contributed by atoms with Crippen LogP contribution in [0, 0.1) is 11.3 Å². The highest BCUT2D eigenvalue weighted by Crippen LogP contribution is 2.28. The standard InChI is InChI=1S/C25H36N8/c1-2-20(22-14-9-16-27-22)30-25-32-23(19-12-7-8-13-21(19)28-17-15-26)31-24(33-25)29-18-10-5-3-4-6-11-18/h7-8,12-13,18,20,22,27-28H,2-6,9-11,14,16-17H2,1H3,(H2,29,30,31,32,33)/t20-,22?/m1/s1. The van der Waals surface area contributed by atoms with Gasteiger partial charge in [0.2, 0.25) is 11.9 Å². The lowest BCUT2D eigenvalue weighted by Gasteiger charge is -2.24.